The van der Waals surface area contributed by atoms with Crippen LogP contribution in [0, 0.1) is 5.82 Å². The molecule has 5 heteroatoms. The molecule has 0 fully saturated rings. The highest BCUT2D eigenvalue weighted by Gasteiger charge is 2.06. The summed E-state index contributed by atoms with van der Waals surface area (Å²) in [4.78, 5) is 9.30. The van der Waals surface area contributed by atoms with Crippen LogP contribution in [0.15, 0.2) is 42.7 Å². The normalized spacial score (nSPS) is 11.3. The van der Waals surface area contributed by atoms with E-state index >= 15 is 0 Å². The fraction of sp³-hybridized carbons (Fsp3) is 0.235. The van der Waals surface area contributed by atoms with Crippen molar-refractivity contribution in [1.29, 1.82) is 0 Å². The number of aromatic amines is 1. The minimum absolute atomic E-state index is 0.180. The monoisotopic (exact) mass is 298 g/mol. The van der Waals surface area contributed by atoms with Gasteiger partial charge in [0.1, 0.15) is 11.5 Å². The zero-order valence-corrected chi connectivity index (χ0v) is 12.7. The maximum atomic E-state index is 14.1. The van der Waals surface area contributed by atoms with Gasteiger partial charge in [0.05, 0.1) is 0 Å². The predicted octanol–water partition coefficient (Wildman–Crippen LogP) is 3.38. The molecule has 2 N–H and O–H groups in total. The first-order chi connectivity index (χ1) is 10.6. The third-order valence-corrected chi connectivity index (χ3v) is 3.57. The standard InChI is InChI=1S/C17H19FN4/c1-22(2)11-13-3-4-14(9-16(13)18)21-10-12-5-7-19-17-15(12)6-8-20-17/h3-9,21H,10-11H2,1-2H3,(H,19,20). The van der Waals surface area contributed by atoms with Gasteiger partial charge in [-0.25, -0.2) is 9.37 Å². The average molecular weight is 298 g/mol. The third-order valence-electron chi connectivity index (χ3n) is 3.57. The van der Waals surface area contributed by atoms with Crippen LogP contribution in [0.4, 0.5) is 10.1 Å². The molecule has 114 valence electrons. The van der Waals surface area contributed by atoms with Crippen LogP contribution in [0.1, 0.15) is 11.1 Å². The van der Waals surface area contributed by atoms with Gasteiger partial charge in [0.25, 0.3) is 0 Å². The first kappa shape index (κ1) is 14.5. The van der Waals surface area contributed by atoms with Gasteiger partial charge in [-0.2, -0.15) is 0 Å². The minimum atomic E-state index is -0.180. The molecular formula is C17H19FN4. The van der Waals surface area contributed by atoms with Crippen molar-refractivity contribution in [2.45, 2.75) is 13.1 Å². The van der Waals surface area contributed by atoms with Crippen LogP contribution < -0.4 is 5.32 Å². The van der Waals surface area contributed by atoms with Crippen LogP contribution in [0.3, 0.4) is 0 Å². The Kier molecular flexibility index (Phi) is 4.06. The topological polar surface area (TPSA) is 44.0 Å². The summed E-state index contributed by atoms with van der Waals surface area (Å²) in [6.07, 6.45) is 3.65. The lowest BCUT2D eigenvalue weighted by molar-refractivity contribution is 0.392. The van der Waals surface area contributed by atoms with Gasteiger partial charge in [-0.1, -0.05) is 6.07 Å². The molecule has 3 aromatic rings. The Balaban J connectivity index is 1.74. The zero-order chi connectivity index (χ0) is 15.5. The Labute approximate surface area is 129 Å². The van der Waals surface area contributed by atoms with Gasteiger partial charge in [0, 0.05) is 42.1 Å². The minimum Gasteiger partial charge on any atom is -0.381 e. The summed E-state index contributed by atoms with van der Waals surface area (Å²) < 4.78 is 14.1. The van der Waals surface area contributed by atoms with Gasteiger partial charge in [0.15, 0.2) is 0 Å². The van der Waals surface area contributed by atoms with E-state index < -0.39 is 0 Å². The second-order valence-corrected chi connectivity index (χ2v) is 5.61. The summed E-state index contributed by atoms with van der Waals surface area (Å²) in [5.74, 6) is -0.180. The van der Waals surface area contributed by atoms with E-state index in [0.29, 0.717) is 18.7 Å². The lowest BCUT2D eigenvalue weighted by Gasteiger charge is -2.12. The first-order valence-electron chi connectivity index (χ1n) is 7.21. The number of halogens is 1. The quantitative estimate of drug-likeness (QED) is 0.759. The highest BCUT2D eigenvalue weighted by molar-refractivity contribution is 5.79. The molecule has 0 saturated heterocycles. The SMILES string of the molecule is CN(C)Cc1ccc(NCc2ccnc3[nH]ccc23)cc1F. The second-order valence-electron chi connectivity index (χ2n) is 5.61. The Morgan fingerprint density at radius 2 is 2.05 bits per heavy atom. The third kappa shape index (κ3) is 3.09. The van der Waals surface area contributed by atoms with E-state index in [1.807, 2.05) is 49.5 Å². The van der Waals surface area contributed by atoms with Crippen LogP contribution in [0.25, 0.3) is 11.0 Å². The van der Waals surface area contributed by atoms with E-state index in [9.17, 15) is 4.39 Å². The Morgan fingerprint density at radius 3 is 2.82 bits per heavy atom. The van der Waals surface area contributed by atoms with Gasteiger partial charge >= 0.3 is 0 Å². The number of benzene rings is 1. The number of rotatable bonds is 5. The van der Waals surface area contributed by atoms with E-state index in [2.05, 4.69) is 15.3 Å². The molecule has 0 amide bonds. The lowest BCUT2D eigenvalue weighted by atomic mass is 10.1. The van der Waals surface area contributed by atoms with Crippen LogP contribution in [0.2, 0.25) is 0 Å². The van der Waals surface area contributed by atoms with Gasteiger partial charge in [0.2, 0.25) is 0 Å². The average Bonchev–Trinajstić information content (AvgIpc) is 2.96. The molecule has 0 atom stereocenters. The molecule has 0 unspecified atom stereocenters. The Bertz CT molecular complexity index is 779. The molecular weight excluding hydrogens is 279 g/mol. The number of hydrogen-bond acceptors (Lipinski definition) is 3. The summed E-state index contributed by atoms with van der Waals surface area (Å²) in [5.41, 5.74) is 3.48. The van der Waals surface area contributed by atoms with E-state index in [4.69, 9.17) is 0 Å². The number of pyridine rings is 1. The second kappa shape index (κ2) is 6.15. The highest BCUT2D eigenvalue weighted by Crippen LogP contribution is 2.19. The summed E-state index contributed by atoms with van der Waals surface area (Å²) in [7, 11) is 3.86. The number of anilines is 1. The van der Waals surface area contributed by atoms with E-state index in [1.54, 1.807) is 12.3 Å². The molecule has 2 heterocycles. The summed E-state index contributed by atoms with van der Waals surface area (Å²) in [6, 6.07) is 9.27. The van der Waals surface area contributed by atoms with Crippen molar-refractivity contribution in [3.05, 3.63) is 59.7 Å². The molecule has 2 aromatic heterocycles. The molecule has 0 aliphatic carbocycles. The molecule has 0 saturated carbocycles. The number of nitrogens with zero attached hydrogens (tertiary/aromatic N) is 2. The number of hydrogen-bond donors (Lipinski definition) is 2. The molecule has 0 radical (unpaired) electrons. The van der Waals surface area contributed by atoms with Crippen LogP contribution in [-0.2, 0) is 13.1 Å². The summed E-state index contributed by atoms with van der Waals surface area (Å²) in [6.45, 7) is 1.23. The van der Waals surface area contributed by atoms with Crippen molar-refractivity contribution >= 4 is 16.7 Å². The van der Waals surface area contributed by atoms with E-state index in [0.717, 1.165) is 22.3 Å². The molecule has 22 heavy (non-hydrogen) atoms. The van der Waals surface area contributed by atoms with Gasteiger partial charge in [-0.3, -0.25) is 0 Å². The number of fused-ring (bicyclic) bond motifs is 1. The smallest absolute Gasteiger partial charge is 0.137 e. The van der Waals surface area contributed by atoms with Crippen molar-refractivity contribution in [2.75, 3.05) is 19.4 Å². The number of nitrogens with one attached hydrogen (secondary N) is 2. The number of aromatic nitrogens is 2. The fourth-order valence-electron chi connectivity index (χ4n) is 2.50. The van der Waals surface area contributed by atoms with Crippen molar-refractivity contribution in [3.63, 3.8) is 0 Å². The lowest BCUT2D eigenvalue weighted by Crippen LogP contribution is -2.12. The molecule has 0 spiro atoms. The van der Waals surface area contributed by atoms with Gasteiger partial charge in [-0.15, -0.1) is 0 Å². The van der Waals surface area contributed by atoms with E-state index in [-0.39, 0.29) is 5.82 Å². The summed E-state index contributed by atoms with van der Waals surface area (Å²) >= 11 is 0. The zero-order valence-electron chi connectivity index (χ0n) is 12.7. The first-order valence-corrected chi connectivity index (χ1v) is 7.21. The van der Waals surface area contributed by atoms with Crippen molar-refractivity contribution in [2.24, 2.45) is 0 Å². The molecule has 0 aliphatic heterocycles. The molecule has 0 bridgehead atoms. The fourth-order valence-corrected chi connectivity index (χ4v) is 2.50. The molecule has 0 aliphatic rings. The molecule has 3 rings (SSSR count). The maximum Gasteiger partial charge on any atom is 0.137 e. The van der Waals surface area contributed by atoms with Gasteiger partial charge in [-0.05, 0) is 43.9 Å². The van der Waals surface area contributed by atoms with Crippen molar-refractivity contribution in [1.82, 2.24) is 14.9 Å². The van der Waals surface area contributed by atoms with Crippen molar-refractivity contribution < 1.29 is 4.39 Å². The Morgan fingerprint density at radius 1 is 1.18 bits per heavy atom. The van der Waals surface area contributed by atoms with Gasteiger partial charge < -0.3 is 15.2 Å². The largest absolute Gasteiger partial charge is 0.381 e. The molecule has 1 aromatic carbocycles. The maximum absolute atomic E-state index is 14.1. The highest BCUT2D eigenvalue weighted by atomic mass is 19.1. The van der Waals surface area contributed by atoms with Crippen LogP contribution in [0.5, 0.6) is 0 Å². The van der Waals surface area contributed by atoms with Crippen LogP contribution in [-0.4, -0.2) is 29.0 Å². The Hall–Kier alpha value is -2.40. The summed E-state index contributed by atoms with van der Waals surface area (Å²) in [5, 5.41) is 4.35. The van der Waals surface area contributed by atoms with E-state index in [1.165, 1.54) is 0 Å². The predicted molar refractivity (Wildman–Crippen MR) is 87.2 cm³/mol. The number of H-pyrrole nitrogens is 1. The van der Waals surface area contributed by atoms with Crippen LogP contribution >= 0.6 is 0 Å². The van der Waals surface area contributed by atoms with Crippen molar-refractivity contribution in [3.8, 4) is 0 Å². The molecule has 4 nitrogen and oxygen atoms in total.